The molecule has 1 amide bonds. The second-order valence-corrected chi connectivity index (χ2v) is 5.81. The maximum absolute atomic E-state index is 12.3. The van der Waals surface area contributed by atoms with Crippen LogP contribution < -0.4 is 5.32 Å². The van der Waals surface area contributed by atoms with Crippen LogP contribution in [0.4, 0.5) is 5.69 Å². The summed E-state index contributed by atoms with van der Waals surface area (Å²) in [5.41, 5.74) is 2.25. The Morgan fingerprint density at radius 1 is 1.25 bits per heavy atom. The molecule has 24 heavy (non-hydrogen) atoms. The molecule has 0 saturated carbocycles. The minimum Gasteiger partial charge on any atom is -0.338 e. The third-order valence-corrected chi connectivity index (χ3v) is 4.16. The number of nitrogens with one attached hydrogen (secondary N) is 1. The van der Waals surface area contributed by atoms with E-state index in [4.69, 9.17) is 11.6 Å². The van der Waals surface area contributed by atoms with E-state index in [9.17, 15) is 4.79 Å². The van der Waals surface area contributed by atoms with Gasteiger partial charge in [0, 0.05) is 30.2 Å². The van der Waals surface area contributed by atoms with E-state index >= 15 is 0 Å². The third-order valence-electron chi connectivity index (χ3n) is 3.86. The van der Waals surface area contributed by atoms with Crippen molar-refractivity contribution in [3.8, 4) is 0 Å². The highest BCUT2D eigenvalue weighted by atomic mass is 35.5. The van der Waals surface area contributed by atoms with Gasteiger partial charge in [-0.25, -0.2) is 0 Å². The Balaban J connectivity index is 1.64. The molecule has 0 aliphatic rings. The van der Waals surface area contributed by atoms with E-state index < -0.39 is 0 Å². The zero-order valence-electron chi connectivity index (χ0n) is 12.8. The Morgan fingerprint density at radius 3 is 2.96 bits per heavy atom. The van der Waals surface area contributed by atoms with E-state index in [1.165, 1.54) is 6.20 Å². The lowest BCUT2D eigenvalue weighted by Crippen LogP contribution is -2.18. The van der Waals surface area contributed by atoms with Gasteiger partial charge in [0.1, 0.15) is 12.4 Å². The zero-order valence-corrected chi connectivity index (χ0v) is 13.5. The molecule has 0 atom stereocenters. The number of carbonyl (C=O) groups excluding carboxylic acids is 1. The van der Waals surface area contributed by atoms with Crippen LogP contribution in [0.2, 0.25) is 5.02 Å². The Kier molecular flexibility index (Phi) is 3.42. The van der Waals surface area contributed by atoms with Crippen molar-refractivity contribution in [2.75, 3.05) is 5.32 Å². The van der Waals surface area contributed by atoms with E-state index in [0.29, 0.717) is 10.7 Å². The summed E-state index contributed by atoms with van der Waals surface area (Å²) < 4.78 is 3.78. The van der Waals surface area contributed by atoms with E-state index in [1.807, 2.05) is 40.4 Å². The predicted molar refractivity (Wildman–Crippen MR) is 91.1 cm³/mol. The van der Waals surface area contributed by atoms with Crippen molar-refractivity contribution in [1.82, 2.24) is 24.1 Å². The molecule has 0 aromatic carbocycles. The molecule has 0 aliphatic carbocycles. The molecule has 4 heterocycles. The molecule has 4 rings (SSSR count). The van der Waals surface area contributed by atoms with E-state index in [0.717, 1.165) is 22.4 Å². The average molecular weight is 341 g/mol. The van der Waals surface area contributed by atoms with E-state index in [-0.39, 0.29) is 12.5 Å². The minimum atomic E-state index is -0.168. The molecule has 0 spiro atoms. The molecular formula is C16H13ClN6O. The molecule has 1 N–H and O–H groups in total. The van der Waals surface area contributed by atoms with Gasteiger partial charge in [0.2, 0.25) is 5.91 Å². The number of fused-ring (bicyclic) bond motifs is 3. The van der Waals surface area contributed by atoms with E-state index in [2.05, 4.69) is 20.5 Å². The monoisotopic (exact) mass is 340 g/mol. The molecule has 0 saturated heterocycles. The molecule has 0 radical (unpaired) electrons. The predicted octanol–water partition coefficient (Wildman–Crippen LogP) is 2.68. The molecule has 8 heteroatoms. The molecule has 0 aliphatic heterocycles. The standard InChI is InChI=1S/C16H13ClN6O/c1-10-20-21-16-11-3-6-22(14(11)4-7-23(10)16)9-15(24)19-13-2-5-18-8-12(13)17/h2-8H,9H2,1H3,(H,18,19,24). The quantitative estimate of drug-likeness (QED) is 0.622. The summed E-state index contributed by atoms with van der Waals surface area (Å²) in [6.07, 6.45) is 6.84. The van der Waals surface area contributed by atoms with Gasteiger partial charge in [0.05, 0.1) is 16.2 Å². The van der Waals surface area contributed by atoms with Crippen molar-refractivity contribution in [3.63, 3.8) is 0 Å². The molecule has 0 bridgehead atoms. The van der Waals surface area contributed by atoms with Gasteiger partial charge in [0.15, 0.2) is 5.65 Å². The van der Waals surface area contributed by atoms with Crippen LogP contribution in [0.1, 0.15) is 5.82 Å². The Morgan fingerprint density at radius 2 is 2.12 bits per heavy atom. The fourth-order valence-corrected chi connectivity index (χ4v) is 2.86. The largest absolute Gasteiger partial charge is 0.338 e. The van der Waals surface area contributed by atoms with Crippen molar-refractivity contribution in [2.24, 2.45) is 0 Å². The number of halogens is 1. The summed E-state index contributed by atoms with van der Waals surface area (Å²) in [6, 6.07) is 5.55. The Labute approximate surface area is 141 Å². The summed E-state index contributed by atoms with van der Waals surface area (Å²) in [7, 11) is 0. The van der Waals surface area contributed by atoms with Crippen LogP contribution in [0.3, 0.4) is 0 Å². The van der Waals surface area contributed by atoms with Crippen LogP contribution in [-0.2, 0) is 11.3 Å². The van der Waals surface area contributed by atoms with Gasteiger partial charge >= 0.3 is 0 Å². The molecule has 120 valence electrons. The molecule has 0 fully saturated rings. The first-order chi connectivity index (χ1) is 11.6. The smallest absolute Gasteiger partial charge is 0.244 e. The van der Waals surface area contributed by atoms with E-state index in [1.54, 1.807) is 12.3 Å². The lowest BCUT2D eigenvalue weighted by atomic mass is 10.3. The highest BCUT2D eigenvalue weighted by Crippen LogP contribution is 2.22. The number of aryl methyl sites for hydroxylation is 1. The van der Waals surface area contributed by atoms with Crippen LogP contribution in [0.25, 0.3) is 16.6 Å². The summed E-state index contributed by atoms with van der Waals surface area (Å²) in [4.78, 5) is 16.2. The highest BCUT2D eigenvalue weighted by Gasteiger charge is 2.12. The summed E-state index contributed by atoms with van der Waals surface area (Å²) in [5.74, 6) is 0.655. The zero-order chi connectivity index (χ0) is 16.7. The van der Waals surface area contributed by atoms with Crippen LogP contribution in [0.5, 0.6) is 0 Å². The highest BCUT2D eigenvalue weighted by molar-refractivity contribution is 6.33. The van der Waals surface area contributed by atoms with Gasteiger partial charge in [-0.15, -0.1) is 10.2 Å². The number of hydrogen-bond acceptors (Lipinski definition) is 4. The van der Waals surface area contributed by atoms with Gasteiger partial charge in [-0.1, -0.05) is 11.6 Å². The average Bonchev–Trinajstić information content (AvgIpc) is 3.14. The van der Waals surface area contributed by atoms with Gasteiger partial charge in [-0.3, -0.25) is 14.2 Å². The van der Waals surface area contributed by atoms with Gasteiger partial charge in [-0.05, 0) is 25.1 Å². The first-order valence-corrected chi connectivity index (χ1v) is 7.70. The number of nitrogens with zero attached hydrogens (tertiary/aromatic N) is 5. The Hall–Kier alpha value is -2.93. The molecule has 7 nitrogen and oxygen atoms in total. The fraction of sp³-hybridized carbons (Fsp3) is 0.125. The van der Waals surface area contributed by atoms with Crippen molar-refractivity contribution in [3.05, 3.63) is 53.8 Å². The normalized spacial score (nSPS) is 11.2. The lowest BCUT2D eigenvalue weighted by molar-refractivity contribution is -0.116. The maximum atomic E-state index is 12.3. The minimum absolute atomic E-state index is 0.168. The first kappa shape index (κ1) is 14.6. The number of anilines is 1. The van der Waals surface area contributed by atoms with Gasteiger partial charge in [-0.2, -0.15) is 0 Å². The third kappa shape index (κ3) is 2.39. The van der Waals surface area contributed by atoms with Crippen LogP contribution in [-0.4, -0.2) is 30.1 Å². The summed E-state index contributed by atoms with van der Waals surface area (Å²) in [6.45, 7) is 2.07. The fourth-order valence-electron chi connectivity index (χ4n) is 2.69. The number of rotatable bonds is 3. The number of pyridine rings is 2. The number of carbonyl (C=O) groups is 1. The molecule has 4 aromatic rings. The van der Waals surface area contributed by atoms with Crippen molar-refractivity contribution < 1.29 is 4.79 Å². The van der Waals surface area contributed by atoms with Crippen molar-refractivity contribution in [1.29, 1.82) is 0 Å². The lowest BCUT2D eigenvalue weighted by Gasteiger charge is -2.08. The molecular weight excluding hydrogens is 328 g/mol. The number of hydrogen-bond donors (Lipinski definition) is 1. The van der Waals surface area contributed by atoms with Gasteiger partial charge < -0.3 is 9.88 Å². The maximum Gasteiger partial charge on any atom is 0.244 e. The summed E-state index contributed by atoms with van der Waals surface area (Å²) >= 11 is 6.01. The van der Waals surface area contributed by atoms with Gasteiger partial charge in [0.25, 0.3) is 0 Å². The first-order valence-electron chi connectivity index (χ1n) is 7.32. The second-order valence-electron chi connectivity index (χ2n) is 5.40. The number of amides is 1. The molecule has 0 unspecified atom stereocenters. The van der Waals surface area contributed by atoms with Crippen molar-refractivity contribution >= 4 is 39.7 Å². The second kappa shape index (κ2) is 5.61. The number of aromatic nitrogens is 5. The van der Waals surface area contributed by atoms with Crippen LogP contribution >= 0.6 is 11.6 Å². The Bertz CT molecular complexity index is 1070. The van der Waals surface area contributed by atoms with Crippen LogP contribution in [0.15, 0.2) is 43.0 Å². The summed E-state index contributed by atoms with van der Waals surface area (Å²) in [5, 5.41) is 12.4. The SMILES string of the molecule is Cc1nnc2c3ccn(CC(=O)Nc4ccncc4Cl)c3ccn12. The molecule has 4 aromatic heterocycles. The topological polar surface area (TPSA) is 77.1 Å². The van der Waals surface area contributed by atoms with Crippen LogP contribution in [0, 0.1) is 6.92 Å². The van der Waals surface area contributed by atoms with Crippen molar-refractivity contribution in [2.45, 2.75) is 13.5 Å².